The smallest absolute Gasteiger partial charge is 0.227 e. The highest BCUT2D eigenvalue weighted by Gasteiger charge is 2.29. The van der Waals surface area contributed by atoms with E-state index in [-0.39, 0.29) is 23.7 Å². The molecule has 2 rings (SSSR count). The first-order valence-corrected chi connectivity index (χ1v) is 9.17. The molecule has 138 valence electrons. The Kier molecular flexibility index (Phi) is 7.00. The van der Waals surface area contributed by atoms with E-state index in [1.54, 1.807) is 0 Å². The van der Waals surface area contributed by atoms with Crippen LogP contribution in [0.2, 0.25) is 0 Å². The predicted octanol–water partition coefficient (Wildman–Crippen LogP) is 2.73. The molecule has 1 aromatic carbocycles. The largest absolute Gasteiger partial charge is 0.355 e. The zero-order valence-corrected chi connectivity index (χ0v) is 15.9. The Hall–Kier alpha value is -1.88. The SMILES string of the molecule is Cc1ccc(NC(=O)C2CCC(C(=O)NCCN(C)C)CC2)cc1C. The zero-order chi connectivity index (χ0) is 18.4. The van der Waals surface area contributed by atoms with Crippen LogP contribution in [0.3, 0.4) is 0 Å². The molecule has 0 aliphatic heterocycles. The van der Waals surface area contributed by atoms with Crippen LogP contribution in [0, 0.1) is 25.7 Å². The third-order valence-corrected chi connectivity index (χ3v) is 5.10. The molecule has 5 heteroatoms. The summed E-state index contributed by atoms with van der Waals surface area (Å²) in [6.45, 7) is 5.63. The van der Waals surface area contributed by atoms with Gasteiger partial charge in [0.25, 0.3) is 0 Å². The molecule has 5 nitrogen and oxygen atoms in total. The van der Waals surface area contributed by atoms with Crippen molar-refractivity contribution in [1.29, 1.82) is 0 Å². The van der Waals surface area contributed by atoms with Gasteiger partial charge in [-0.2, -0.15) is 0 Å². The van der Waals surface area contributed by atoms with E-state index >= 15 is 0 Å². The fourth-order valence-electron chi connectivity index (χ4n) is 3.23. The topological polar surface area (TPSA) is 61.4 Å². The van der Waals surface area contributed by atoms with Gasteiger partial charge in [-0.25, -0.2) is 0 Å². The van der Waals surface area contributed by atoms with E-state index in [1.165, 1.54) is 11.1 Å². The molecule has 2 amide bonds. The second-order valence-electron chi connectivity index (χ2n) is 7.43. The van der Waals surface area contributed by atoms with Crippen LogP contribution in [0.1, 0.15) is 36.8 Å². The molecular formula is C20H31N3O2. The van der Waals surface area contributed by atoms with E-state index in [2.05, 4.69) is 17.6 Å². The van der Waals surface area contributed by atoms with Crippen molar-refractivity contribution in [2.24, 2.45) is 11.8 Å². The van der Waals surface area contributed by atoms with Gasteiger partial charge in [0.1, 0.15) is 0 Å². The predicted molar refractivity (Wildman–Crippen MR) is 102 cm³/mol. The standard InChI is InChI=1S/C20H31N3O2/c1-14-5-10-18(13-15(14)2)22-20(25)17-8-6-16(7-9-17)19(24)21-11-12-23(3)4/h5,10,13,16-17H,6-9,11-12H2,1-4H3,(H,21,24)(H,22,25). The van der Waals surface area contributed by atoms with Crippen molar-refractivity contribution in [1.82, 2.24) is 10.2 Å². The molecule has 2 N–H and O–H groups in total. The molecule has 0 bridgehead atoms. The number of anilines is 1. The lowest BCUT2D eigenvalue weighted by Crippen LogP contribution is -2.38. The van der Waals surface area contributed by atoms with Gasteiger partial charge in [0.2, 0.25) is 11.8 Å². The first kappa shape index (κ1) is 19.4. The van der Waals surface area contributed by atoms with Crippen molar-refractivity contribution in [3.05, 3.63) is 29.3 Å². The van der Waals surface area contributed by atoms with Gasteiger partial charge in [-0.1, -0.05) is 6.07 Å². The molecule has 1 aromatic rings. The second-order valence-corrected chi connectivity index (χ2v) is 7.43. The van der Waals surface area contributed by atoms with E-state index in [1.807, 2.05) is 44.1 Å². The van der Waals surface area contributed by atoms with Crippen LogP contribution in [0.4, 0.5) is 5.69 Å². The molecule has 0 radical (unpaired) electrons. The Balaban J connectivity index is 1.78. The first-order valence-electron chi connectivity index (χ1n) is 9.17. The maximum Gasteiger partial charge on any atom is 0.227 e. The van der Waals surface area contributed by atoms with Gasteiger partial charge in [0, 0.05) is 30.6 Å². The normalized spacial score (nSPS) is 20.4. The molecule has 0 saturated heterocycles. The molecule has 0 spiro atoms. The maximum absolute atomic E-state index is 12.5. The number of likely N-dealkylation sites (N-methyl/N-ethyl adjacent to an activating group) is 1. The zero-order valence-electron chi connectivity index (χ0n) is 15.9. The van der Waals surface area contributed by atoms with Crippen LogP contribution in [0.25, 0.3) is 0 Å². The summed E-state index contributed by atoms with van der Waals surface area (Å²) in [6.07, 6.45) is 3.14. The van der Waals surface area contributed by atoms with Gasteiger partial charge >= 0.3 is 0 Å². The van der Waals surface area contributed by atoms with Crippen LogP contribution in [-0.2, 0) is 9.59 Å². The summed E-state index contributed by atoms with van der Waals surface area (Å²) in [5, 5.41) is 6.02. The molecule has 0 atom stereocenters. The van der Waals surface area contributed by atoms with Crippen molar-refractivity contribution in [3.63, 3.8) is 0 Å². The molecule has 0 aromatic heterocycles. The molecule has 0 unspecified atom stereocenters. The highest BCUT2D eigenvalue weighted by molar-refractivity contribution is 5.93. The summed E-state index contributed by atoms with van der Waals surface area (Å²) >= 11 is 0. The van der Waals surface area contributed by atoms with E-state index in [9.17, 15) is 9.59 Å². The van der Waals surface area contributed by atoms with Crippen molar-refractivity contribution >= 4 is 17.5 Å². The fourth-order valence-corrected chi connectivity index (χ4v) is 3.23. The number of hydrogen-bond acceptors (Lipinski definition) is 3. The van der Waals surface area contributed by atoms with Gasteiger partial charge in [0.15, 0.2) is 0 Å². The summed E-state index contributed by atoms with van der Waals surface area (Å²) in [5.41, 5.74) is 3.26. The number of rotatable bonds is 6. The number of carbonyl (C=O) groups is 2. The first-order chi connectivity index (χ1) is 11.9. The Labute approximate surface area is 151 Å². The molecule has 1 fully saturated rings. The van der Waals surface area contributed by atoms with Crippen LogP contribution >= 0.6 is 0 Å². The minimum Gasteiger partial charge on any atom is -0.355 e. The van der Waals surface area contributed by atoms with E-state index in [4.69, 9.17) is 0 Å². The van der Waals surface area contributed by atoms with Crippen molar-refractivity contribution in [2.75, 3.05) is 32.5 Å². The summed E-state index contributed by atoms with van der Waals surface area (Å²) in [6, 6.07) is 5.99. The van der Waals surface area contributed by atoms with Crippen LogP contribution < -0.4 is 10.6 Å². The minimum atomic E-state index is 0.00688. The van der Waals surface area contributed by atoms with Gasteiger partial charge in [-0.05, 0) is 76.9 Å². The molecule has 0 heterocycles. The minimum absolute atomic E-state index is 0.00688. The Morgan fingerprint density at radius 3 is 2.16 bits per heavy atom. The number of aryl methyl sites for hydroxylation is 2. The molecule has 1 saturated carbocycles. The third kappa shape index (κ3) is 5.85. The Bertz CT molecular complexity index is 605. The Morgan fingerprint density at radius 1 is 1.00 bits per heavy atom. The van der Waals surface area contributed by atoms with Crippen LogP contribution in [-0.4, -0.2) is 43.9 Å². The van der Waals surface area contributed by atoms with Gasteiger partial charge < -0.3 is 15.5 Å². The van der Waals surface area contributed by atoms with Gasteiger partial charge in [-0.3, -0.25) is 9.59 Å². The number of hydrogen-bond donors (Lipinski definition) is 2. The lowest BCUT2D eigenvalue weighted by atomic mass is 9.81. The summed E-state index contributed by atoms with van der Waals surface area (Å²) < 4.78 is 0. The highest BCUT2D eigenvalue weighted by atomic mass is 16.2. The molecular weight excluding hydrogens is 314 g/mol. The number of amides is 2. The lowest BCUT2D eigenvalue weighted by Gasteiger charge is -2.27. The number of carbonyl (C=O) groups excluding carboxylic acids is 2. The quantitative estimate of drug-likeness (QED) is 0.833. The average Bonchev–Trinajstić information content (AvgIpc) is 2.58. The highest BCUT2D eigenvalue weighted by Crippen LogP contribution is 2.30. The second kappa shape index (κ2) is 8.99. The number of nitrogens with zero attached hydrogens (tertiary/aromatic N) is 1. The summed E-state index contributed by atoms with van der Waals surface area (Å²) in [7, 11) is 3.98. The summed E-state index contributed by atoms with van der Waals surface area (Å²) in [5.74, 6) is 0.268. The van der Waals surface area contributed by atoms with Gasteiger partial charge in [0.05, 0.1) is 0 Å². The van der Waals surface area contributed by atoms with E-state index < -0.39 is 0 Å². The average molecular weight is 345 g/mol. The molecule has 1 aliphatic rings. The van der Waals surface area contributed by atoms with Crippen molar-refractivity contribution in [3.8, 4) is 0 Å². The lowest BCUT2D eigenvalue weighted by molar-refractivity contribution is -0.128. The van der Waals surface area contributed by atoms with Crippen molar-refractivity contribution in [2.45, 2.75) is 39.5 Å². The van der Waals surface area contributed by atoms with Crippen LogP contribution in [0.5, 0.6) is 0 Å². The Morgan fingerprint density at radius 2 is 1.60 bits per heavy atom. The number of nitrogens with one attached hydrogen (secondary N) is 2. The maximum atomic E-state index is 12.5. The van der Waals surface area contributed by atoms with Gasteiger partial charge in [-0.15, -0.1) is 0 Å². The summed E-state index contributed by atoms with van der Waals surface area (Å²) in [4.78, 5) is 26.7. The van der Waals surface area contributed by atoms with Crippen LogP contribution in [0.15, 0.2) is 18.2 Å². The third-order valence-electron chi connectivity index (χ3n) is 5.10. The molecule has 1 aliphatic carbocycles. The fraction of sp³-hybridized carbons (Fsp3) is 0.600. The van der Waals surface area contributed by atoms with Crippen molar-refractivity contribution < 1.29 is 9.59 Å². The molecule has 25 heavy (non-hydrogen) atoms. The van der Waals surface area contributed by atoms with E-state index in [0.717, 1.165) is 37.9 Å². The monoisotopic (exact) mass is 345 g/mol. The van der Waals surface area contributed by atoms with E-state index in [0.29, 0.717) is 6.54 Å². The number of benzene rings is 1.